The third-order valence-corrected chi connectivity index (χ3v) is 2.17. The number of nitrogens with zero attached hydrogens (tertiary/aromatic N) is 2. The minimum atomic E-state index is 0.127. The number of aldehydes is 1. The van der Waals surface area contributed by atoms with Gasteiger partial charge in [0.2, 0.25) is 11.7 Å². The lowest BCUT2D eigenvalue weighted by molar-refractivity contribution is 0.111. The summed E-state index contributed by atoms with van der Waals surface area (Å²) in [5.41, 5.74) is 0. The number of piperidine rings is 1. The Hall–Kier alpha value is -1.23. The number of hydrogen-bond donors (Lipinski definition) is 1. The molecule has 1 fully saturated rings. The highest BCUT2D eigenvalue weighted by atomic mass is 16.5. The molecule has 0 amide bonds. The summed E-state index contributed by atoms with van der Waals surface area (Å²) in [6.07, 6.45) is 3.94. The van der Waals surface area contributed by atoms with Gasteiger partial charge in [-0.05, 0) is 19.4 Å². The number of carbonyl (C=O) groups excluding carboxylic acids is 1. The van der Waals surface area contributed by atoms with Crippen LogP contribution in [0.5, 0.6) is 0 Å². The fourth-order valence-electron chi connectivity index (χ4n) is 1.50. The molecule has 1 aliphatic heterocycles. The smallest absolute Gasteiger partial charge is 0.244 e. The van der Waals surface area contributed by atoms with Crippen LogP contribution in [0.25, 0.3) is 0 Å². The Morgan fingerprint density at radius 2 is 2.46 bits per heavy atom. The van der Waals surface area contributed by atoms with Gasteiger partial charge in [0.25, 0.3) is 0 Å². The number of rotatable bonds is 2. The Labute approximate surface area is 75.5 Å². The Balaban J connectivity index is 2.09. The molecular weight excluding hydrogens is 170 g/mol. The first kappa shape index (κ1) is 8.37. The van der Waals surface area contributed by atoms with Gasteiger partial charge in [-0.3, -0.25) is 4.79 Å². The highest BCUT2D eigenvalue weighted by molar-refractivity contribution is 5.68. The van der Waals surface area contributed by atoms with E-state index >= 15 is 0 Å². The highest BCUT2D eigenvalue weighted by Crippen LogP contribution is 2.20. The van der Waals surface area contributed by atoms with E-state index in [0.717, 1.165) is 19.4 Å². The number of carbonyl (C=O) groups is 1. The monoisotopic (exact) mass is 181 g/mol. The molecule has 1 unspecified atom stereocenters. The summed E-state index contributed by atoms with van der Waals surface area (Å²) in [6, 6.07) is 0.134. The van der Waals surface area contributed by atoms with Crippen molar-refractivity contribution >= 4 is 6.29 Å². The molecule has 0 saturated carbocycles. The summed E-state index contributed by atoms with van der Waals surface area (Å²) in [4.78, 5) is 14.2. The van der Waals surface area contributed by atoms with E-state index in [1.165, 1.54) is 6.42 Å². The Kier molecular flexibility index (Phi) is 2.35. The molecule has 1 N–H and O–H groups in total. The van der Waals surface area contributed by atoms with Crippen LogP contribution in [0.4, 0.5) is 0 Å². The van der Waals surface area contributed by atoms with Crippen LogP contribution in [0.1, 0.15) is 41.8 Å². The molecule has 0 bridgehead atoms. The zero-order valence-electron chi connectivity index (χ0n) is 7.19. The summed E-state index contributed by atoms with van der Waals surface area (Å²) >= 11 is 0. The molecule has 70 valence electrons. The van der Waals surface area contributed by atoms with E-state index in [0.29, 0.717) is 12.2 Å². The van der Waals surface area contributed by atoms with Crippen molar-refractivity contribution in [3.63, 3.8) is 0 Å². The molecule has 0 spiro atoms. The fourth-order valence-corrected chi connectivity index (χ4v) is 1.50. The lowest BCUT2D eigenvalue weighted by atomic mass is 10.1. The van der Waals surface area contributed by atoms with E-state index in [4.69, 9.17) is 4.52 Å². The molecule has 1 aliphatic rings. The van der Waals surface area contributed by atoms with Crippen LogP contribution < -0.4 is 5.32 Å². The molecule has 1 saturated heterocycles. The third-order valence-electron chi connectivity index (χ3n) is 2.17. The van der Waals surface area contributed by atoms with Gasteiger partial charge in [-0.15, -0.1) is 0 Å². The van der Waals surface area contributed by atoms with Gasteiger partial charge in [0.15, 0.2) is 6.29 Å². The van der Waals surface area contributed by atoms with Crippen LogP contribution in [0.15, 0.2) is 4.52 Å². The molecule has 1 aromatic heterocycles. The predicted octanol–water partition coefficient (Wildman–Crippen LogP) is 0.697. The Bertz CT molecular complexity index is 291. The predicted molar refractivity (Wildman–Crippen MR) is 44.3 cm³/mol. The van der Waals surface area contributed by atoms with Crippen molar-refractivity contribution in [1.82, 2.24) is 15.5 Å². The first-order valence-corrected chi connectivity index (χ1v) is 4.42. The Morgan fingerprint density at radius 3 is 3.08 bits per heavy atom. The van der Waals surface area contributed by atoms with E-state index in [-0.39, 0.29) is 11.9 Å². The lowest BCUT2D eigenvalue weighted by Crippen LogP contribution is -2.26. The molecule has 0 aliphatic carbocycles. The van der Waals surface area contributed by atoms with Gasteiger partial charge >= 0.3 is 0 Å². The topological polar surface area (TPSA) is 68.0 Å². The molecule has 13 heavy (non-hydrogen) atoms. The van der Waals surface area contributed by atoms with Crippen LogP contribution in [-0.2, 0) is 0 Å². The number of hydrogen-bond acceptors (Lipinski definition) is 5. The standard InChI is InChI=1S/C8H11N3O2/c12-5-7-10-8(13-11-7)6-3-1-2-4-9-6/h5-6,9H,1-4H2. The maximum absolute atomic E-state index is 10.3. The van der Waals surface area contributed by atoms with Crippen molar-refractivity contribution in [2.45, 2.75) is 25.3 Å². The average Bonchev–Trinajstić information content (AvgIpc) is 2.67. The van der Waals surface area contributed by atoms with Crippen molar-refractivity contribution in [3.05, 3.63) is 11.7 Å². The van der Waals surface area contributed by atoms with Crippen LogP contribution in [0.2, 0.25) is 0 Å². The van der Waals surface area contributed by atoms with Crippen molar-refractivity contribution in [2.75, 3.05) is 6.54 Å². The van der Waals surface area contributed by atoms with Gasteiger partial charge in [0.1, 0.15) is 0 Å². The molecule has 2 heterocycles. The second-order valence-corrected chi connectivity index (χ2v) is 3.11. The second-order valence-electron chi connectivity index (χ2n) is 3.11. The van der Waals surface area contributed by atoms with E-state index in [9.17, 15) is 4.79 Å². The van der Waals surface area contributed by atoms with Gasteiger partial charge in [0, 0.05) is 0 Å². The quantitative estimate of drug-likeness (QED) is 0.680. The van der Waals surface area contributed by atoms with Crippen LogP contribution in [0, 0.1) is 0 Å². The average molecular weight is 181 g/mol. The van der Waals surface area contributed by atoms with Gasteiger partial charge in [-0.2, -0.15) is 4.98 Å². The number of aromatic nitrogens is 2. The van der Waals surface area contributed by atoms with Crippen molar-refractivity contribution in [2.24, 2.45) is 0 Å². The first-order valence-electron chi connectivity index (χ1n) is 4.42. The lowest BCUT2D eigenvalue weighted by Gasteiger charge is -2.19. The summed E-state index contributed by atoms with van der Waals surface area (Å²) in [7, 11) is 0. The summed E-state index contributed by atoms with van der Waals surface area (Å²) in [5.74, 6) is 0.657. The minimum Gasteiger partial charge on any atom is -0.337 e. The van der Waals surface area contributed by atoms with Crippen LogP contribution in [0.3, 0.4) is 0 Å². The van der Waals surface area contributed by atoms with Crippen molar-refractivity contribution in [3.8, 4) is 0 Å². The zero-order chi connectivity index (χ0) is 9.10. The molecule has 0 radical (unpaired) electrons. The van der Waals surface area contributed by atoms with E-state index in [1.807, 2.05) is 0 Å². The van der Waals surface area contributed by atoms with Crippen molar-refractivity contribution < 1.29 is 9.32 Å². The largest absolute Gasteiger partial charge is 0.337 e. The van der Waals surface area contributed by atoms with Gasteiger partial charge in [-0.25, -0.2) is 0 Å². The van der Waals surface area contributed by atoms with Gasteiger partial charge < -0.3 is 9.84 Å². The second kappa shape index (κ2) is 3.66. The molecule has 1 atom stereocenters. The highest BCUT2D eigenvalue weighted by Gasteiger charge is 2.20. The van der Waals surface area contributed by atoms with Crippen LogP contribution >= 0.6 is 0 Å². The van der Waals surface area contributed by atoms with Crippen LogP contribution in [-0.4, -0.2) is 23.0 Å². The minimum absolute atomic E-state index is 0.127. The summed E-state index contributed by atoms with van der Waals surface area (Å²) < 4.78 is 4.94. The summed E-state index contributed by atoms with van der Waals surface area (Å²) in [6.45, 7) is 0.976. The van der Waals surface area contributed by atoms with Gasteiger partial charge in [0.05, 0.1) is 6.04 Å². The molecule has 1 aromatic rings. The van der Waals surface area contributed by atoms with Gasteiger partial charge in [-0.1, -0.05) is 11.6 Å². The molecule has 5 heteroatoms. The van der Waals surface area contributed by atoms with E-state index in [2.05, 4.69) is 15.5 Å². The first-order chi connectivity index (χ1) is 6.40. The zero-order valence-corrected chi connectivity index (χ0v) is 7.19. The maximum atomic E-state index is 10.3. The van der Waals surface area contributed by atoms with E-state index < -0.39 is 0 Å². The van der Waals surface area contributed by atoms with E-state index in [1.54, 1.807) is 0 Å². The number of nitrogens with one attached hydrogen (secondary N) is 1. The third kappa shape index (κ3) is 1.75. The molecule has 5 nitrogen and oxygen atoms in total. The Morgan fingerprint density at radius 1 is 1.54 bits per heavy atom. The molecule has 0 aromatic carbocycles. The molecule has 2 rings (SSSR count). The maximum Gasteiger partial charge on any atom is 0.244 e. The fraction of sp³-hybridized carbons (Fsp3) is 0.625. The normalized spacial score (nSPS) is 22.9. The van der Waals surface area contributed by atoms with Crippen molar-refractivity contribution in [1.29, 1.82) is 0 Å². The molecular formula is C8H11N3O2. The SMILES string of the molecule is O=Cc1noc(C2CCCCN2)n1. The summed E-state index contributed by atoms with van der Waals surface area (Å²) in [5, 5.41) is 6.78.